The van der Waals surface area contributed by atoms with Crippen molar-refractivity contribution in [2.75, 3.05) is 0 Å². The predicted octanol–water partition coefficient (Wildman–Crippen LogP) is 1.96. The van der Waals surface area contributed by atoms with Crippen LogP contribution in [-0.4, -0.2) is 16.2 Å². The van der Waals surface area contributed by atoms with Gasteiger partial charge >= 0.3 is 5.97 Å². The summed E-state index contributed by atoms with van der Waals surface area (Å²) in [6, 6.07) is 5.43. The van der Waals surface area contributed by atoms with Crippen LogP contribution in [0.5, 0.6) is 0 Å². The smallest absolute Gasteiger partial charge is 0.303 e. The van der Waals surface area contributed by atoms with E-state index in [4.69, 9.17) is 10.2 Å². The molecule has 0 amide bonds. The van der Waals surface area contributed by atoms with Crippen LogP contribution in [0.4, 0.5) is 0 Å². The van der Waals surface area contributed by atoms with Crippen molar-refractivity contribution in [3.05, 3.63) is 33.8 Å². The minimum absolute atomic E-state index is 0.0205. The van der Waals surface area contributed by atoms with Crippen molar-refractivity contribution in [3.63, 3.8) is 0 Å². The molecule has 1 aromatic rings. The molecule has 14 heavy (non-hydrogen) atoms. The van der Waals surface area contributed by atoms with Crippen molar-refractivity contribution in [1.29, 1.82) is 0 Å². The second-order valence-corrected chi connectivity index (χ2v) is 3.83. The summed E-state index contributed by atoms with van der Waals surface area (Å²) in [6.07, 6.45) is 0.581. The molecule has 0 heterocycles. The van der Waals surface area contributed by atoms with Gasteiger partial charge in [0.25, 0.3) is 0 Å². The molecular weight excluding hydrogens is 248 g/mol. The second-order valence-electron chi connectivity index (χ2n) is 2.98. The zero-order valence-electron chi connectivity index (χ0n) is 7.53. The lowest BCUT2D eigenvalue weighted by Crippen LogP contribution is -1.98. The Hall–Kier alpha value is -0.870. The summed E-state index contributed by atoms with van der Waals surface area (Å²) in [4.78, 5) is 10.4. The second kappa shape index (κ2) is 5.12. The maximum Gasteiger partial charge on any atom is 0.303 e. The van der Waals surface area contributed by atoms with Gasteiger partial charge in [-0.05, 0) is 23.6 Å². The number of carbonyl (C=O) groups is 1. The van der Waals surface area contributed by atoms with Gasteiger partial charge in [0.15, 0.2) is 0 Å². The molecule has 0 fully saturated rings. The maximum absolute atomic E-state index is 10.4. The zero-order valence-corrected chi connectivity index (χ0v) is 9.12. The van der Waals surface area contributed by atoms with E-state index in [0.29, 0.717) is 6.42 Å². The van der Waals surface area contributed by atoms with Crippen LogP contribution in [0.1, 0.15) is 17.5 Å². The van der Waals surface area contributed by atoms with Crippen LogP contribution in [-0.2, 0) is 17.8 Å². The monoisotopic (exact) mass is 258 g/mol. The minimum atomic E-state index is -0.814. The quantitative estimate of drug-likeness (QED) is 0.868. The Bertz CT molecular complexity index is 336. The summed E-state index contributed by atoms with van der Waals surface area (Å²) >= 11 is 3.34. The number of benzene rings is 1. The highest BCUT2D eigenvalue weighted by atomic mass is 79.9. The number of aliphatic carboxylic acids is 1. The van der Waals surface area contributed by atoms with Crippen molar-refractivity contribution in [3.8, 4) is 0 Å². The highest BCUT2D eigenvalue weighted by Crippen LogP contribution is 2.19. The van der Waals surface area contributed by atoms with Gasteiger partial charge in [-0.3, -0.25) is 4.79 Å². The first-order valence-corrected chi connectivity index (χ1v) is 5.02. The van der Waals surface area contributed by atoms with Gasteiger partial charge in [-0.25, -0.2) is 0 Å². The fourth-order valence-corrected chi connectivity index (χ4v) is 1.60. The van der Waals surface area contributed by atoms with E-state index in [-0.39, 0.29) is 13.0 Å². The molecule has 0 bridgehead atoms. The summed E-state index contributed by atoms with van der Waals surface area (Å²) in [6.45, 7) is -0.0205. The Kier molecular flexibility index (Phi) is 4.10. The molecule has 3 nitrogen and oxygen atoms in total. The number of hydrogen-bond donors (Lipinski definition) is 2. The largest absolute Gasteiger partial charge is 0.481 e. The lowest BCUT2D eigenvalue weighted by atomic mass is 10.1. The molecule has 0 aliphatic heterocycles. The van der Waals surface area contributed by atoms with Crippen molar-refractivity contribution in [2.45, 2.75) is 19.4 Å². The molecule has 0 radical (unpaired) electrons. The number of aliphatic hydroxyl groups is 1. The number of rotatable bonds is 4. The van der Waals surface area contributed by atoms with Gasteiger partial charge in [-0.1, -0.05) is 28.1 Å². The lowest BCUT2D eigenvalue weighted by Gasteiger charge is -2.04. The van der Waals surface area contributed by atoms with E-state index in [1.807, 2.05) is 12.1 Å². The van der Waals surface area contributed by atoms with E-state index in [0.717, 1.165) is 15.6 Å². The molecule has 0 aliphatic rings. The molecule has 1 rings (SSSR count). The highest BCUT2D eigenvalue weighted by Gasteiger charge is 2.04. The normalized spacial score (nSPS) is 10.1. The fourth-order valence-electron chi connectivity index (χ4n) is 1.16. The van der Waals surface area contributed by atoms with E-state index in [9.17, 15) is 4.79 Å². The number of carboxylic acid groups (broad SMARTS) is 1. The average Bonchev–Trinajstić information content (AvgIpc) is 2.16. The molecule has 0 atom stereocenters. The third kappa shape index (κ3) is 3.12. The van der Waals surface area contributed by atoms with Gasteiger partial charge in [-0.15, -0.1) is 0 Å². The van der Waals surface area contributed by atoms with Gasteiger partial charge in [0.2, 0.25) is 0 Å². The molecule has 2 N–H and O–H groups in total. The number of hydrogen-bond acceptors (Lipinski definition) is 2. The first-order chi connectivity index (χ1) is 6.63. The predicted molar refractivity (Wildman–Crippen MR) is 56.0 cm³/mol. The molecule has 0 aromatic heterocycles. The van der Waals surface area contributed by atoms with Crippen LogP contribution in [0.15, 0.2) is 22.7 Å². The Morgan fingerprint density at radius 2 is 2.14 bits per heavy atom. The van der Waals surface area contributed by atoms with Crippen LogP contribution < -0.4 is 0 Å². The van der Waals surface area contributed by atoms with Crippen LogP contribution in [0.2, 0.25) is 0 Å². The van der Waals surface area contributed by atoms with Crippen molar-refractivity contribution in [1.82, 2.24) is 0 Å². The average molecular weight is 259 g/mol. The third-order valence-electron chi connectivity index (χ3n) is 1.90. The molecule has 0 unspecified atom stereocenters. The van der Waals surface area contributed by atoms with Gasteiger partial charge in [-0.2, -0.15) is 0 Å². The fraction of sp³-hybridized carbons (Fsp3) is 0.300. The van der Waals surface area contributed by atoms with E-state index >= 15 is 0 Å². The van der Waals surface area contributed by atoms with Gasteiger partial charge in [0, 0.05) is 10.9 Å². The summed E-state index contributed by atoms with van der Waals surface area (Å²) in [7, 11) is 0. The molecule has 0 saturated carbocycles. The molecule has 76 valence electrons. The Morgan fingerprint density at radius 1 is 1.43 bits per heavy atom. The van der Waals surface area contributed by atoms with Crippen molar-refractivity contribution < 1.29 is 15.0 Å². The molecule has 0 saturated heterocycles. The van der Waals surface area contributed by atoms with Crippen LogP contribution in [0, 0.1) is 0 Å². The van der Waals surface area contributed by atoms with E-state index in [1.165, 1.54) is 0 Å². The third-order valence-corrected chi connectivity index (χ3v) is 2.67. The SMILES string of the molecule is O=C(O)CCc1cc(CO)ccc1Br. The molecule has 1 aromatic carbocycles. The van der Waals surface area contributed by atoms with E-state index < -0.39 is 5.97 Å². The lowest BCUT2D eigenvalue weighted by molar-refractivity contribution is -0.136. The number of aliphatic hydroxyl groups excluding tert-OH is 1. The first kappa shape index (κ1) is 11.2. The molecule has 4 heteroatoms. The van der Waals surface area contributed by atoms with Gasteiger partial charge in [0.05, 0.1) is 6.61 Å². The standard InChI is InChI=1S/C10H11BrO3/c11-9-3-1-7(6-12)5-8(9)2-4-10(13)14/h1,3,5,12H,2,4,6H2,(H,13,14). The van der Waals surface area contributed by atoms with Crippen LogP contribution >= 0.6 is 15.9 Å². The Labute approximate surface area is 90.5 Å². The van der Waals surface area contributed by atoms with E-state index in [1.54, 1.807) is 6.07 Å². The first-order valence-electron chi connectivity index (χ1n) is 4.23. The van der Waals surface area contributed by atoms with Crippen LogP contribution in [0.25, 0.3) is 0 Å². The van der Waals surface area contributed by atoms with E-state index in [2.05, 4.69) is 15.9 Å². The number of carboxylic acids is 1. The van der Waals surface area contributed by atoms with Crippen LogP contribution in [0.3, 0.4) is 0 Å². The number of aryl methyl sites for hydroxylation is 1. The highest BCUT2D eigenvalue weighted by molar-refractivity contribution is 9.10. The maximum atomic E-state index is 10.4. The van der Waals surface area contributed by atoms with Gasteiger partial charge in [0.1, 0.15) is 0 Å². The minimum Gasteiger partial charge on any atom is -0.481 e. The van der Waals surface area contributed by atoms with Crippen molar-refractivity contribution in [2.24, 2.45) is 0 Å². The zero-order chi connectivity index (χ0) is 10.6. The van der Waals surface area contributed by atoms with Crippen molar-refractivity contribution >= 4 is 21.9 Å². The Balaban J connectivity index is 2.78. The molecular formula is C10H11BrO3. The Morgan fingerprint density at radius 3 is 2.71 bits per heavy atom. The molecule has 0 spiro atoms. The summed E-state index contributed by atoms with van der Waals surface area (Å²) in [5.74, 6) is -0.814. The molecule has 0 aliphatic carbocycles. The van der Waals surface area contributed by atoms with Gasteiger partial charge < -0.3 is 10.2 Å². The summed E-state index contributed by atoms with van der Waals surface area (Å²) < 4.78 is 0.885. The summed E-state index contributed by atoms with van der Waals surface area (Å²) in [5, 5.41) is 17.4. The topological polar surface area (TPSA) is 57.5 Å². The summed E-state index contributed by atoms with van der Waals surface area (Å²) in [5.41, 5.74) is 1.72. The number of halogens is 1.